The molecule has 3 heterocycles. The van der Waals surface area contributed by atoms with Gasteiger partial charge in [-0.05, 0) is 44.4 Å². The predicted molar refractivity (Wildman–Crippen MR) is 120 cm³/mol. The van der Waals surface area contributed by atoms with E-state index >= 15 is 0 Å². The molecule has 0 bridgehead atoms. The second-order valence-corrected chi connectivity index (χ2v) is 10.2. The third-order valence-electron chi connectivity index (χ3n) is 7.01. The van der Waals surface area contributed by atoms with Crippen molar-refractivity contribution in [3.05, 3.63) is 0 Å². The third-order valence-corrected chi connectivity index (χ3v) is 7.97. The maximum atomic E-state index is 12.8. The summed E-state index contributed by atoms with van der Waals surface area (Å²) in [5, 5.41) is 9.91. The number of nitrogens with zero attached hydrogens (tertiary/aromatic N) is 5. The Morgan fingerprint density at radius 2 is 1.87 bits per heavy atom. The molecular weight excluding hydrogens is 398 g/mol. The van der Waals surface area contributed by atoms with Crippen LogP contribution in [0.3, 0.4) is 0 Å². The molecule has 1 atom stereocenters. The Kier molecular flexibility index (Phi) is 7.57. The van der Waals surface area contributed by atoms with Crippen molar-refractivity contribution in [1.82, 2.24) is 19.7 Å². The maximum absolute atomic E-state index is 12.8. The minimum absolute atomic E-state index is 0.201. The molecule has 1 aromatic heterocycles. The minimum Gasteiger partial charge on any atom is -0.376 e. The SMILES string of the molecule is CC1CCN(c2nnc(SCC(=O)N(C)C3CCCCC3)n2CC2CCCO2)CC1. The van der Waals surface area contributed by atoms with E-state index in [4.69, 9.17) is 4.74 Å². The topological polar surface area (TPSA) is 63.5 Å². The van der Waals surface area contributed by atoms with Gasteiger partial charge >= 0.3 is 0 Å². The van der Waals surface area contributed by atoms with Crippen molar-refractivity contribution in [2.45, 2.75) is 88.6 Å². The number of ether oxygens (including phenoxy) is 1. The van der Waals surface area contributed by atoms with Crippen molar-refractivity contribution in [3.8, 4) is 0 Å². The van der Waals surface area contributed by atoms with E-state index in [1.807, 2.05) is 11.9 Å². The van der Waals surface area contributed by atoms with Crippen LogP contribution in [0.15, 0.2) is 5.16 Å². The molecule has 0 spiro atoms. The summed E-state index contributed by atoms with van der Waals surface area (Å²) in [5.41, 5.74) is 0. The maximum Gasteiger partial charge on any atom is 0.233 e. The zero-order valence-corrected chi connectivity index (χ0v) is 19.4. The lowest BCUT2D eigenvalue weighted by Gasteiger charge is -2.32. The van der Waals surface area contributed by atoms with Gasteiger partial charge < -0.3 is 14.5 Å². The normalized spacial score (nSPS) is 23.8. The predicted octanol–water partition coefficient (Wildman–Crippen LogP) is 3.58. The molecule has 168 valence electrons. The Morgan fingerprint density at radius 3 is 2.57 bits per heavy atom. The quantitative estimate of drug-likeness (QED) is 0.610. The standard InChI is InChI=1S/C22H37N5O2S/c1-17-10-12-26(13-11-17)21-23-24-22(27(21)15-19-9-6-14-29-19)30-16-20(28)25(2)18-7-4-3-5-8-18/h17-19H,3-16H2,1-2H3. The summed E-state index contributed by atoms with van der Waals surface area (Å²) in [6.45, 7) is 6.00. The highest BCUT2D eigenvalue weighted by atomic mass is 32.2. The first-order valence-corrected chi connectivity index (χ1v) is 12.8. The fourth-order valence-electron chi connectivity index (χ4n) is 4.88. The number of thioether (sulfide) groups is 1. The second-order valence-electron chi connectivity index (χ2n) is 9.28. The van der Waals surface area contributed by atoms with Gasteiger partial charge in [-0.25, -0.2) is 0 Å². The van der Waals surface area contributed by atoms with Crippen LogP contribution in [0.5, 0.6) is 0 Å². The number of anilines is 1. The van der Waals surface area contributed by atoms with Gasteiger partial charge in [-0.2, -0.15) is 0 Å². The second kappa shape index (κ2) is 10.4. The molecule has 30 heavy (non-hydrogen) atoms. The molecule has 8 heteroatoms. The van der Waals surface area contributed by atoms with Gasteiger partial charge in [0.05, 0.1) is 18.4 Å². The van der Waals surface area contributed by atoms with Crippen molar-refractivity contribution < 1.29 is 9.53 Å². The van der Waals surface area contributed by atoms with Crippen LogP contribution in [-0.4, -0.2) is 70.2 Å². The number of carbonyl (C=O) groups excluding carboxylic acids is 1. The monoisotopic (exact) mass is 435 g/mol. The van der Waals surface area contributed by atoms with E-state index < -0.39 is 0 Å². The van der Waals surface area contributed by atoms with Gasteiger partial charge in [0.25, 0.3) is 0 Å². The van der Waals surface area contributed by atoms with Gasteiger partial charge in [-0.15, -0.1) is 10.2 Å². The molecule has 3 fully saturated rings. The third kappa shape index (κ3) is 5.31. The van der Waals surface area contributed by atoms with Gasteiger partial charge in [0.2, 0.25) is 11.9 Å². The lowest BCUT2D eigenvalue weighted by Crippen LogP contribution is -2.39. The highest BCUT2D eigenvalue weighted by molar-refractivity contribution is 7.99. The van der Waals surface area contributed by atoms with Crippen molar-refractivity contribution >= 4 is 23.6 Å². The highest BCUT2D eigenvalue weighted by Gasteiger charge is 2.27. The summed E-state index contributed by atoms with van der Waals surface area (Å²) in [7, 11) is 1.97. The zero-order valence-electron chi connectivity index (χ0n) is 18.6. The van der Waals surface area contributed by atoms with Crippen molar-refractivity contribution in [2.75, 3.05) is 37.4 Å². The Bertz CT molecular complexity index is 692. The van der Waals surface area contributed by atoms with Crippen LogP contribution in [0.1, 0.15) is 64.7 Å². The van der Waals surface area contributed by atoms with Crippen molar-refractivity contribution in [1.29, 1.82) is 0 Å². The molecule has 0 radical (unpaired) electrons. The summed E-state index contributed by atoms with van der Waals surface area (Å²) in [6.07, 6.45) is 10.9. The van der Waals surface area contributed by atoms with E-state index in [2.05, 4.69) is 26.6 Å². The number of amides is 1. The summed E-state index contributed by atoms with van der Waals surface area (Å²) < 4.78 is 8.12. The smallest absolute Gasteiger partial charge is 0.233 e. The Morgan fingerprint density at radius 1 is 1.10 bits per heavy atom. The molecule has 2 aliphatic heterocycles. The average molecular weight is 436 g/mol. The van der Waals surface area contributed by atoms with E-state index in [9.17, 15) is 4.79 Å². The molecule has 2 saturated heterocycles. The largest absolute Gasteiger partial charge is 0.376 e. The summed E-state index contributed by atoms with van der Waals surface area (Å²) in [5.74, 6) is 2.35. The first kappa shape index (κ1) is 21.9. The van der Waals surface area contributed by atoms with Crippen molar-refractivity contribution in [2.24, 2.45) is 5.92 Å². The molecule has 7 nitrogen and oxygen atoms in total. The number of piperidine rings is 1. The van der Waals surface area contributed by atoms with Crippen LogP contribution in [-0.2, 0) is 16.1 Å². The Labute approximate surface area is 184 Å². The summed E-state index contributed by atoms with van der Waals surface area (Å²) in [6, 6.07) is 0.405. The summed E-state index contributed by atoms with van der Waals surface area (Å²) >= 11 is 1.53. The van der Waals surface area contributed by atoms with Crippen LogP contribution in [0.25, 0.3) is 0 Å². The van der Waals surface area contributed by atoms with Crippen LogP contribution in [0.4, 0.5) is 5.95 Å². The molecule has 1 aromatic rings. The average Bonchev–Trinajstić information content (AvgIpc) is 3.43. The Hall–Kier alpha value is -1.28. The van der Waals surface area contributed by atoms with Gasteiger partial charge in [0, 0.05) is 32.8 Å². The lowest BCUT2D eigenvalue weighted by atomic mass is 9.94. The number of rotatable bonds is 7. The molecule has 4 rings (SSSR count). The van der Waals surface area contributed by atoms with Crippen LogP contribution in [0.2, 0.25) is 0 Å². The molecular formula is C22H37N5O2S. The molecule has 0 N–H and O–H groups in total. The number of aromatic nitrogens is 3. The van der Waals surface area contributed by atoms with Gasteiger partial charge in [0.15, 0.2) is 5.16 Å². The molecule has 1 amide bonds. The summed E-state index contributed by atoms with van der Waals surface area (Å²) in [4.78, 5) is 17.2. The zero-order chi connectivity index (χ0) is 20.9. The van der Waals surface area contributed by atoms with Gasteiger partial charge in [-0.1, -0.05) is 37.9 Å². The number of hydrogen-bond acceptors (Lipinski definition) is 6. The van der Waals surface area contributed by atoms with E-state index in [0.29, 0.717) is 11.8 Å². The van der Waals surface area contributed by atoms with Gasteiger partial charge in [-0.3, -0.25) is 9.36 Å². The minimum atomic E-state index is 0.201. The Balaban J connectivity index is 1.42. The fraction of sp³-hybridized carbons (Fsp3) is 0.864. The first-order chi connectivity index (χ1) is 14.6. The van der Waals surface area contributed by atoms with Crippen LogP contribution >= 0.6 is 11.8 Å². The van der Waals surface area contributed by atoms with Crippen molar-refractivity contribution in [3.63, 3.8) is 0 Å². The molecule has 3 aliphatic rings. The van der Waals surface area contributed by atoms with E-state index in [1.54, 1.807) is 0 Å². The lowest BCUT2D eigenvalue weighted by molar-refractivity contribution is -0.129. The number of carbonyl (C=O) groups is 1. The molecule has 1 aliphatic carbocycles. The molecule has 1 saturated carbocycles. The van der Waals surface area contributed by atoms with Crippen LogP contribution in [0, 0.1) is 5.92 Å². The van der Waals surface area contributed by atoms with E-state index in [-0.39, 0.29) is 12.0 Å². The number of hydrogen-bond donors (Lipinski definition) is 0. The molecule has 1 unspecified atom stereocenters. The fourth-order valence-corrected chi connectivity index (χ4v) is 5.75. The van der Waals surface area contributed by atoms with E-state index in [1.165, 1.54) is 43.9 Å². The highest BCUT2D eigenvalue weighted by Crippen LogP contribution is 2.29. The van der Waals surface area contributed by atoms with Gasteiger partial charge in [0.1, 0.15) is 0 Å². The molecule has 0 aromatic carbocycles. The van der Waals surface area contributed by atoms with Crippen LogP contribution < -0.4 is 4.90 Å². The van der Waals surface area contributed by atoms with E-state index in [0.717, 1.165) is 68.9 Å². The first-order valence-electron chi connectivity index (χ1n) is 11.8.